The Hall–Kier alpha value is -2.68. The van der Waals surface area contributed by atoms with Gasteiger partial charge in [-0.25, -0.2) is 9.55 Å². The van der Waals surface area contributed by atoms with E-state index in [9.17, 15) is 0 Å². The summed E-state index contributed by atoms with van der Waals surface area (Å²) < 4.78 is 4.41. The average Bonchev–Trinajstić information content (AvgIpc) is 3.06. The molecule has 3 heteroatoms. The number of aryl methyl sites for hydroxylation is 3. The molecule has 23 heavy (non-hydrogen) atoms. The zero-order chi connectivity index (χ0) is 15.7. The minimum atomic E-state index is 0.888. The van der Waals surface area contributed by atoms with Gasteiger partial charge in [0.05, 0.1) is 7.05 Å². The van der Waals surface area contributed by atoms with Crippen LogP contribution in [0.5, 0.6) is 0 Å². The molecular formula is C20H17N3. The number of hydrogen-bond donors (Lipinski definition) is 0. The third-order valence-electron chi connectivity index (χ3n) is 5.12. The van der Waals surface area contributed by atoms with Gasteiger partial charge in [0.1, 0.15) is 5.52 Å². The Kier molecular flexibility index (Phi) is 2.34. The Labute approximate surface area is 134 Å². The summed E-state index contributed by atoms with van der Waals surface area (Å²) in [6, 6.07) is 12.9. The summed E-state index contributed by atoms with van der Waals surface area (Å²) in [5.41, 5.74) is 6.29. The molecule has 0 saturated carbocycles. The quantitative estimate of drug-likeness (QED) is 0.317. The van der Waals surface area contributed by atoms with E-state index in [0.29, 0.717) is 0 Å². The molecule has 0 amide bonds. The molecule has 2 aromatic carbocycles. The van der Waals surface area contributed by atoms with Crippen LogP contribution in [0, 0.1) is 20.0 Å². The lowest BCUT2D eigenvalue weighted by Crippen LogP contribution is -2.33. The van der Waals surface area contributed by atoms with E-state index in [1.807, 2.05) is 6.07 Å². The number of rotatable bonds is 0. The molecule has 0 N–H and O–H groups in total. The van der Waals surface area contributed by atoms with Gasteiger partial charge in [0.25, 0.3) is 0 Å². The van der Waals surface area contributed by atoms with Crippen molar-refractivity contribution in [3.8, 4) is 5.82 Å². The number of nitrogens with zero attached hydrogens (tertiary/aromatic N) is 3. The SMILES string of the molecule is Cc1ccc2ccc3nc4n(c3c2c1C)-c1c(cc[c-][n+]1C)C4. The first-order chi connectivity index (χ1) is 11.1. The van der Waals surface area contributed by atoms with Gasteiger partial charge in [-0.1, -0.05) is 23.8 Å². The second kappa shape index (κ2) is 4.19. The van der Waals surface area contributed by atoms with Gasteiger partial charge < -0.3 is 4.57 Å². The van der Waals surface area contributed by atoms with Crippen LogP contribution in [0.25, 0.3) is 27.6 Å². The Bertz CT molecular complexity index is 1120. The number of imidazole rings is 1. The van der Waals surface area contributed by atoms with Crippen molar-refractivity contribution in [2.75, 3.05) is 0 Å². The molecule has 0 spiro atoms. The molecule has 0 radical (unpaired) electrons. The second-order valence-electron chi connectivity index (χ2n) is 6.45. The van der Waals surface area contributed by atoms with E-state index in [2.05, 4.69) is 66.6 Å². The molecule has 3 heterocycles. The topological polar surface area (TPSA) is 21.7 Å². The molecule has 0 aliphatic carbocycles. The molecular weight excluding hydrogens is 282 g/mol. The van der Waals surface area contributed by atoms with Crippen molar-refractivity contribution >= 4 is 21.8 Å². The van der Waals surface area contributed by atoms with E-state index in [1.54, 1.807) is 0 Å². The first-order valence-corrected chi connectivity index (χ1v) is 7.95. The highest BCUT2D eigenvalue weighted by Crippen LogP contribution is 2.35. The summed E-state index contributed by atoms with van der Waals surface area (Å²) in [5.74, 6) is 2.32. The highest BCUT2D eigenvalue weighted by Gasteiger charge is 2.28. The van der Waals surface area contributed by atoms with Crippen molar-refractivity contribution in [1.29, 1.82) is 0 Å². The molecule has 112 valence electrons. The maximum Gasteiger partial charge on any atom is 0.193 e. The van der Waals surface area contributed by atoms with Gasteiger partial charge in [0.15, 0.2) is 17.2 Å². The molecule has 1 aliphatic heterocycles. The maximum absolute atomic E-state index is 4.91. The molecule has 0 saturated heterocycles. The molecule has 0 fully saturated rings. The number of aromatic nitrogens is 3. The summed E-state index contributed by atoms with van der Waals surface area (Å²) in [4.78, 5) is 4.91. The monoisotopic (exact) mass is 299 g/mol. The number of pyridine rings is 1. The van der Waals surface area contributed by atoms with Gasteiger partial charge in [0, 0.05) is 18.0 Å². The fourth-order valence-corrected chi connectivity index (χ4v) is 3.85. The highest BCUT2D eigenvalue weighted by atomic mass is 15.2. The predicted octanol–water partition coefficient (Wildman–Crippen LogP) is 3.32. The smallest absolute Gasteiger partial charge is 0.193 e. The van der Waals surface area contributed by atoms with Crippen molar-refractivity contribution in [3.05, 3.63) is 65.1 Å². The van der Waals surface area contributed by atoms with Crippen molar-refractivity contribution in [2.24, 2.45) is 7.05 Å². The molecule has 0 atom stereocenters. The largest absolute Gasteiger partial charge is 0.343 e. The van der Waals surface area contributed by atoms with Crippen LogP contribution in [-0.4, -0.2) is 9.55 Å². The van der Waals surface area contributed by atoms with Crippen molar-refractivity contribution < 1.29 is 4.57 Å². The fraction of sp³-hybridized carbons (Fsp3) is 0.200. The lowest BCUT2D eigenvalue weighted by molar-refractivity contribution is -0.669. The van der Waals surface area contributed by atoms with Crippen LogP contribution in [0.2, 0.25) is 0 Å². The van der Waals surface area contributed by atoms with Gasteiger partial charge in [0.2, 0.25) is 0 Å². The van der Waals surface area contributed by atoms with E-state index in [-0.39, 0.29) is 0 Å². The third-order valence-corrected chi connectivity index (χ3v) is 5.12. The van der Waals surface area contributed by atoms with Crippen LogP contribution < -0.4 is 4.57 Å². The minimum Gasteiger partial charge on any atom is -0.343 e. The minimum absolute atomic E-state index is 0.888. The van der Waals surface area contributed by atoms with Crippen LogP contribution in [0.15, 0.2) is 36.4 Å². The normalized spacial score (nSPS) is 12.8. The third kappa shape index (κ3) is 1.54. The van der Waals surface area contributed by atoms with Crippen LogP contribution in [-0.2, 0) is 13.5 Å². The Morgan fingerprint density at radius 1 is 1.13 bits per heavy atom. The van der Waals surface area contributed by atoms with Crippen LogP contribution >= 0.6 is 0 Å². The van der Waals surface area contributed by atoms with Gasteiger partial charge in [-0.3, -0.25) is 0 Å². The molecule has 4 aromatic rings. The van der Waals surface area contributed by atoms with Crippen LogP contribution in [0.4, 0.5) is 0 Å². The maximum atomic E-state index is 4.91. The van der Waals surface area contributed by atoms with Gasteiger partial charge in [-0.2, -0.15) is 6.07 Å². The van der Waals surface area contributed by atoms with E-state index in [1.165, 1.54) is 38.8 Å². The number of hydrogen-bond acceptors (Lipinski definition) is 1. The second-order valence-corrected chi connectivity index (χ2v) is 6.45. The summed E-state index contributed by atoms with van der Waals surface area (Å²) in [5, 5.41) is 2.59. The van der Waals surface area contributed by atoms with Gasteiger partial charge in [-0.05, 0) is 36.4 Å². The number of fused-ring (bicyclic) bond motifs is 7. The molecule has 3 nitrogen and oxygen atoms in total. The van der Waals surface area contributed by atoms with Gasteiger partial charge in [-0.15, -0.1) is 6.07 Å². The summed E-state index contributed by atoms with van der Waals surface area (Å²) in [6.45, 7) is 4.39. The first-order valence-electron chi connectivity index (χ1n) is 7.95. The van der Waals surface area contributed by atoms with E-state index in [0.717, 1.165) is 17.8 Å². The van der Waals surface area contributed by atoms with Crippen LogP contribution in [0.1, 0.15) is 22.5 Å². The summed E-state index contributed by atoms with van der Waals surface area (Å²) >= 11 is 0. The fourth-order valence-electron chi connectivity index (χ4n) is 3.85. The zero-order valence-electron chi connectivity index (χ0n) is 13.5. The van der Waals surface area contributed by atoms with E-state index < -0.39 is 0 Å². The van der Waals surface area contributed by atoms with Crippen molar-refractivity contribution in [2.45, 2.75) is 20.3 Å². The molecule has 1 aliphatic rings. The first kappa shape index (κ1) is 12.8. The van der Waals surface area contributed by atoms with Crippen molar-refractivity contribution in [1.82, 2.24) is 9.55 Å². The van der Waals surface area contributed by atoms with Crippen molar-refractivity contribution in [3.63, 3.8) is 0 Å². The summed E-state index contributed by atoms with van der Waals surface area (Å²) in [7, 11) is 2.06. The Morgan fingerprint density at radius 3 is 2.83 bits per heavy atom. The lowest BCUT2D eigenvalue weighted by atomic mass is 9.99. The zero-order valence-corrected chi connectivity index (χ0v) is 13.5. The van der Waals surface area contributed by atoms with E-state index in [4.69, 9.17) is 4.98 Å². The molecule has 0 unspecified atom stereocenters. The summed E-state index contributed by atoms with van der Waals surface area (Å²) in [6.07, 6.45) is 4.16. The van der Waals surface area contributed by atoms with Crippen LogP contribution in [0.3, 0.4) is 0 Å². The van der Waals surface area contributed by atoms with Gasteiger partial charge >= 0.3 is 0 Å². The molecule has 2 aromatic heterocycles. The Morgan fingerprint density at radius 2 is 1.96 bits per heavy atom. The molecule has 0 bridgehead atoms. The average molecular weight is 299 g/mol. The Balaban J connectivity index is 2.04. The lowest BCUT2D eigenvalue weighted by Gasteiger charge is -2.11. The highest BCUT2D eigenvalue weighted by molar-refractivity contribution is 6.07. The number of benzene rings is 2. The molecule has 5 rings (SSSR count). The standard InChI is InChI=1S/C20H17N3/c1-12-6-7-14-8-9-16-19(18(14)13(12)2)23-17(21-16)11-15-5-4-10-22(3)20(15)23/h4-9H,11H2,1-3H3. The predicted molar refractivity (Wildman–Crippen MR) is 90.9 cm³/mol. The van der Waals surface area contributed by atoms with E-state index >= 15 is 0 Å².